The topological polar surface area (TPSA) is 97.7 Å². The van der Waals surface area contributed by atoms with E-state index in [2.05, 4.69) is 15.0 Å². The van der Waals surface area contributed by atoms with Crippen LogP contribution in [0.25, 0.3) is 22.4 Å². The van der Waals surface area contributed by atoms with E-state index in [0.29, 0.717) is 28.9 Å². The second kappa shape index (κ2) is 11.3. The van der Waals surface area contributed by atoms with Crippen LogP contribution in [0.3, 0.4) is 0 Å². The fourth-order valence-electron chi connectivity index (χ4n) is 5.53. The van der Waals surface area contributed by atoms with Gasteiger partial charge in [0.05, 0.1) is 0 Å². The maximum Gasteiger partial charge on any atom is 0.253 e. The van der Waals surface area contributed by atoms with Crippen molar-refractivity contribution in [1.82, 2.24) is 19.9 Å². The molecular weight excluding hydrogens is 490 g/mol. The third-order valence-electron chi connectivity index (χ3n) is 7.75. The number of benzene rings is 2. The van der Waals surface area contributed by atoms with Crippen LogP contribution in [0.2, 0.25) is 0 Å². The van der Waals surface area contributed by atoms with Crippen molar-refractivity contribution < 1.29 is 14.1 Å². The third kappa shape index (κ3) is 5.66. The molecule has 0 bridgehead atoms. The number of nitrogen functional groups attached to an aromatic ring is 1. The maximum atomic E-state index is 13.1. The van der Waals surface area contributed by atoms with Gasteiger partial charge in [0.15, 0.2) is 17.3 Å². The number of pyridine rings is 1. The highest BCUT2D eigenvalue weighted by molar-refractivity contribution is 5.94. The molecule has 39 heavy (non-hydrogen) atoms. The van der Waals surface area contributed by atoms with Gasteiger partial charge in [0, 0.05) is 48.1 Å². The Hall–Kier alpha value is -4.17. The quantitative estimate of drug-likeness (QED) is 0.353. The SMILES string of the molecule is Nc1ncc(-c2ccc(C(=O)N3CCC(N4CCCC4)CC3)cc2)cc1OCc1cc(-c2ccccc2)no1. The number of piperidine rings is 1. The van der Waals surface area contributed by atoms with Gasteiger partial charge in [-0.25, -0.2) is 4.98 Å². The van der Waals surface area contributed by atoms with Crippen LogP contribution in [0.15, 0.2) is 77.4 Å². The largest absolute Gasteiger partial charge is 0.482 e. The first-order valence-electron chi connectivity index (χ1n) is 13.7. The van der Waals surface area contributed by atoms with Gasteiger partial charge in [0.25, 0.3) is 5.91 Å². The van der Waals surface area contributed by atoms with E-state index < -0.39 is 0 Å². The summed E-state index contributed by atoms with van der Waals surface area (Å²) in [5.41, 5.74) is 10.3. The number of nitrogens with two attached hydrogens (primary N) is 1. The monoisotopic (exact) mass is 523 g/mol. The highest BCUT2D eigenvalue weighted by atomic mass is 16.5. The minimum atomic E-state index is 0.0998. The van der Waals surface area contributed by atoms with E-state index in [1.807, 2.05) is 71.6 Å². The number of aromatic nitrogens is 2. The molecule has 0 radical (unpaired) electrons. The average molecular weight is 524 g/mol. The summed E-state index contributed by atoms with van der Waals surface area (Å²) >= 11 is 0. The molecule has 8 heteroatoms. The molecule has 6 rings (SSSR count). The van der Waals surface area contributed by atoms with Crippen molar-refractivity contribution in [2.24, 2.45) is 0 Å². The number of carbonyl (C=O) groups is 1. The Balaban J connectivity index is 1.08. The number of ether oxygens (including phenoxy) is 1. The molecule has 2 aromatic carbocycles. The van der Waals surface area contributed by atoms with Gasteiger partial charge in [-0.3, -0.25) is 4.79 Å². The molecule has 0 aliphatic carbocycles. The van der Waals surface area contributed by atoms with Crippen molar-refractivity contribution in [2.45, 2.75) is 38.3 Å². The molecule has 4 heterocycles. The van der Waals surface area contributed by atoms with E-state index in [1.54, 1.807) is 6.20 Å². The summed E-state index contributed by atoms with van der Waals surface area (Å²) in [7, 11) is 0. The van der Waals surface area contributed by atoms with Crippen LogP contribution in [0.1, 0.15) is 41.8 Å². The minimum absolute atomic E-state index is 0.0998. The van der Waals surface area contributed by atoms with E-state index in [1.165, 1.54) is 25.9 Å². The third-order valence-corrected chi connectivity index (χ3v) is 7.75. The molecule has 2 aliphatic rings. The fourth-order valence-corrected chi connectivity index (χ4v) is 5.53. The minimum Gasteiger partial charge on any atom is -0.482 e. The number of nitrogens with zero attached hydrogens (tertiary/aromatic N) is 4. The van der Waals surface area contributed by atoms with E-state index >= 15 is 0 Å². The standard InChI is InChI=1S/C31H33N5O3/c32-30-29(38-21-27-19-28(34-39-27)23-6-2-1-3-7-23)18-25(20-33-30)22-8-10-24(11-9-22)31(37)36-16-12-26(13-17-36)35-14-4-5-15-35/h1-3,6-11,18-20,26H,4-5,12-17,21H2,(H2,32,33). The number of anilines is 1. The second-order valence-electron chi connectivity index (χ2n) is 10.3. The fraction of sp³-hybridized carbons (Fsp3) is 0.323. The summed E-state index contributed by atoms with van der Waals surface area (Å²) < 4.78 is 11.4. The van der Waals surface area contributed by atoms with Crippen molar-refractivity contribution in [2.75, 3.05) is 31.9 Å². The molecule has 2 saturated heterocycles. The van der Waals surface area contributed by atoms with Gasteiger partial charge in [-0.1, -0.05) is 47.6 Å². The highest BCUT2D eigenvalue weighted by Gasteiger charge is 2.28. The molecule has 2 fully saturated rings. The average Bonchev–Trinajstić information content (AvgIpc) is 3.70. The molecule has 2 aromatic heterocycles. The van der Waals surface area contributed by atoms with Gasteiger partial charge in [0.2, 0.25) is 0 Å². The van der Waals surface area contributed by atoms with Crippen LogP contribution in [-0.2, 0) is 6.61 Å². The molecule has 200 valence electrons. The summed E-state index contributed by atoms with van der Waals surface area (Å²) in [6.07, 6.45) is 6.44. The Bertz CT molecular complexity index is 1410. The highest BCUT2D eigenvalue weighted by Crippen LogP contribution is 2.29. The lowest BCUT2D eigenvalue weighted by molar-refractivity contribution is 0.0644. The van der Waals surface area contributed by atoms with E-state index in [0.717, 1.165) is 48.3 Å². The number of likely N-dealkylation sites (tertiary alicyclic amines) is 2. The summed E-state index contributed by atoms with van der Waals surface area (Å²) in [5.74, 6) is 1.45. The Labute approximate surface area is 228 Å². The van der Waals surface area contributed by atoms with Gasteiger partial charge in [-0.15, -0.1) is 0 Å². The number of hydrogen-bond acceptors (Lipinski definition) is 7. The van der Waals surface area contributed by atoms with Crippen LogP contribution < -0.4 is 10.5 Å². The summed E-state index contributed by atoms with van der Waals surface area (Å²) in [5, 5.41) is 4.13. The predicted octanol–water partition coefficient (Wildman–Crippen LogP) is 5.27. The molecule has 2 N–H and O–H groups in total. The Morgan fingerprint density at radius 3 is 2.41 bits per heavy atom. The number of carbonyl (C=O) groups excluding carboxylic acids is 1. The number of rotatable bonds is 7. The van der Waals surface area contributed by atoms with Crippen LogP contribution in [-0.4, -0.2) is 58.1 Å². The molecule has 2 aliphatic heterocycles. The zero-order valence-electron chi connectivity index (χ0n) is 22.0. The first kappa shape index (κ1) is 25.1. The van der Waals surface area contributed by atoms with Crippen molar-refractivity contribution >= 4 is 11.7 Å². The predicted molar refractivity (Wildman–Crippen MR) is 150 cm³/mol. The molecular formula is C31H33N5O3. The number of amides is 1. The second-order valence-corrected chi connectivity index (χ2v) is 10.3. The smallest absolute Gasteiger partial charge is 0.253 e. The van der Waals surface area contributed by atoms with Gasteiger partial charge in [0.1, 0.15) is 12.3 Å². The van der Waals surface area contributed by atoms with Crippen LogP contribution in [0.5, 0.6) is 5.75 Å². The van der Waals surface area contributed by atoms with E-state index in [-0.39, 0.29) is 12.5 Å². The molecule has 8 nitrogen and oxygen atoms in total. The van der Waals surface area contributed by atoms with Crippen molar-refractivity contribution in [1.29, 1.82) is 0 Å². The Morgan fingerprint density at radius 2 is 1.67 bits per heavy atom. The zero-order valence-corrected chi connectivity index (χ0v) is 22.0. The first-order chi connectivity index (χ1) is 19.1. The maximum absolute atomic E-state index is 13.1. The lowest BCUT2D eigenvalue weighted by Crippen LogP contribution is -2.45. The normalized spacial score (nSPS) is 16.5. The van der Waals surface area contributed by atoms with Gasteiger partial charge < -0.3 is 24.8 Å². The van der Waals surface area contributed by atoms with E-state index in [9.17, 15) is 4.79 Å². The Kier molecular flexibility index (Phi) is 7.27. The lowest BCUT2D eigenvalue weighted by atomic mass is 10.0. The number of hydrogen-bond donors (Lipinski definition) is 1. The van der Waals surface area contributed by atoms with Crippen LogP contribution >= 0.6 is 0 Å². The molecule has 0 unspecified atom stereocenters. The van der Waals surface area contributed by atoms with Crippen molar-refractivity contribution in [3.63, 3.8) is 0 Å². The van der Waals surface area contributed by atoms with Crippen molar-refractivity contribution in [3.05, 3.63) is 84.3 Å². The summed E-state index contributed by atoms with van der Waals surface area (Å²) in [4.78, 5) is 22.0. The summed E-state index contributed by atoms with van der Waals surface area (Å²) in [6, 6.07) is 21.8. The Morgan fingerprint density at radius 1 is 0.923 bits per heavy atom. The molecule has 0 spiro atoms. The molecule has 1 amide bonds. The van der Waals surface area contributed by atoms with Gasteiger partial charge >= 0.3 is 0 Å². The lowest BCUT2D eigenvalue weighted by Gasteiger charge is -2.36. The molecule has 0 atom stereocenters. The first-order valence-corrected chi connectivity index (χ1v) is 13.7. The van der Waals surface area contributed by atoms with Gasteiger partial charge in [-0.05, 0) is 62.5 Å². The molecule has 0 saturated carbocycles. The van der Waals surface area contributed by atoms with Crippen LogP contribution in [0.4, 0.5) is 5.82 Å². The summed E-state index contributed by atoms with van der Waals surface area (Å²) in [6.45, 7) is 4.24. The van der Waals surface area contributed by atoms with Gasteiger partial charge in [-0.2, -0.15) is 0 Å². The molecule has 4 aromatic rings. The zero-order chi connectivity index (χ0) is 26.6. The van der Waals surface area contributed by atoms with E-state index in [4.69, 9.17) is 15.0 Å². The van der Waals surface area contributed by atoms with Crippen LogP contribution in [0, 0.1) is 0 Å². The van der Waals surface area contributed by atoms with Crippen molar-refractivity contribution in [3.8, 4) is 28.1 Å².